The second-order valence-electron chi connectivity index (χ2n) is 5.72. The summed E-state index contributed by atoms with van der Waals surface area (Å²) in [5.74, 6) is 0. The predicted molar refractivity (Wildman–Crippen MR) is 84.9 cm³/mol. The molecule has 0 aliphatic rings. The van der Waals surface area contributed by atoms with Crippen molar-refractivity contribution in [2.75, 3.05) is 13.2 Å². The fourth-order valence-electron chi connectivity index (χ4n) is 2.04. The van der Waals surface area contributed by atoms with Gasteiger partial charge < -0.3 is 14.6 Å². The van der Waals surface area contributed by atoms with Crippen LogP contribution in [0, 0.1) is 0 Å². The molecule has 0 spiro atoms. The van der Waals surface area contributed by atoms with E-state index >= 15 is 0 Å². The topological polar surface area (TPSA) is 38.7 Å². The maximum absolute atomic E-state index is 9.20. The van der Waals surface area contributed by atoms with Gasteiger partial charge >= 0.3 is 0 Å². The Balaban J connectivity index is 3.61. The van der Waals surface area contributed by atoms with Crippen molar-refractivity contribution in [1.82, 2.24) is 0 Å². The van der Waals surface area contributed by atoms with Crippen molar-refractivity contribution in [3.63, 3.8) is 0 Å². The molecule has 1 N–H and O–H groups in total. The zero-order valence-electron chi connectivity index (χ0n) is 13.9. The molecule has 122 valence electrons. The molecule has 20 heavy (non-hydrogen) atoms. The first-order valence-corrected chi connectivity index (χ1v) is 8.62. The molecule has 0 fully saturated rings. The Hall–Kier alpha value is -0.120. The van der Waals surface area contributed by atoms with Gasteiger partial charge in [-0.25, -0.2) is 0 Å². The van der Waals surface area contributed by atoms with Gasteiger partial charge in [-0.1, -0.05) is 46.0 Å². The summed E-state index contributed by atoms with van der Waals surface area (Å²) in [5, 5.41) is 9.20. The van der Waals surface area contributed by atoms with Gasteiger partial charge in [-0.2, -0.15) is 0 Å². The number of ether oxygens (including phenoxy) is 2. The lowest BCUT2D eigenvalue weighted by molar-refractivity contribution is -0.147. The van der Waals surface area contributed by atoms with Crippen molar-refractivity contribution < 1.29 is 14.6 Å². The zero-order valence-corrected chi connectivity index (χ0v) is 13.9. The van der Waals surface area contributed by atoms with Gasteiger partial charge in [-0.3, -0.25) is 0 Å². The van der Waals surface area contributed by atoms with Crippen LogP contribution >= 0.6 is 0 Å². The monoisotopic (exact) mass is 288 g/mol. The summed E-state index contributed by atoms with van der Waals surface area (Å²) in [7, 11) is 0. The molecule has 0 heterocycles. The maximum Gasteiger partial charge on any atom is 0.157 e. The number of rotatable bonds is 15. The Morgan fingerprint density at radius 1 is 0.750 bits per heavy atom. The van der Waals surface area contributed by atoms with Gasteiger partial charge in [0.1, 0.15) is 0 Å². The fraction of sp³-hybridized carbons (Fsp3) is 1.00. The normalized spacial score (nSPS) is 13.1. The summed E-state index contributed by atoms with van der Waals surface area (Å²) in [6.07, 6.45) is 11.0. The van der Waals surface area contributed by atoms with Gasteiger partial charge in [-0.15, -0.1) is 0 Å². The molecule has 0 aliphatic heterocycles. The Morgan fingerprint density at radius 2 is 1.25 bits per heavy atom. The largest absolute Gasteiger partial charge is 0.393 e. The quantitative estimate of drug-likeness (QED) is 0.351. The van der Waals surface area contributed by atoms with Crippen LogP contribution in [0.3, 0.4) is 0 Å². The van der Waals surface area contributed by atoms with Crippen LogP contribution in [0.4, 0.5) is 0 Å². The Bertz CT molecular complexity index is 173. The lowest BCUT2D eigenvalue weighted by atomic mass is 10.1. The van der Waals surface area contributed by atoms with Crippen molar-refractivity contribution in [1.29, 1.82) is 0 Å². The number of hydrogen-bond donors (Lipinski definition) is 1. The highest BCUT2D eigenvalue weighted by atomic mass is 16.7. The smallest absolute Gasteiger partial charge is 0.157 e. The number of aliphatic hydroxyl groups excluding tert-OH is 1. The van der Waals surface area contributed by atoms with Gasteiger partial charge in [0.25, 0.3) is 0 Å². The summed E-state index contributed by atoms with van der Waals surface area (Å²) in [5.41, 5.74) is 0. The van der Waals surface area contributed by atoms with E-state index in [-0.39, 0.29) is 12.4 Å². The maximum atomic E-state index is 9.20. The van der Waals surface area contributed by atoms with E-state index in [0.29, 0.717) is 0 Å². The zero-order chi connectivity index (χ0) is 15.1. The first kappa shape index (κ1) is 19.9. The minimum absolute atomic E-state index is 0.00938. The highest BCUT2D eigenvalue weighted by Gasteiger charge is 2.08. The molecule has 0 aromatic heterocycles. The van der Waals surface area contributed by atoms with Crippen molar-refractivity contribution in [2.24, 2.45) is 0 Å². The van der Waals surface area contributed by atoms with Crippen LogP contribution in [0.5, 0.6) is 0 Å². The van der Waals surface area contributed by atoms with Crippen molar-refractivity contribution in [3.05, 3.63) is 0 Å². The number of hydrogen-bond acceptors (Lipinski definition) is 3. The van der Waals surface area contributed by atoms with Crippen LogP contribution in [0.2, 0.25) is 0 Å². The highest BCUT2D eigenvalue weighted by Crippen LogP contribution is 2.12. The first-order chi connectivity index (χ1) is 9.70. The molecule has 0 radical (unpaired) electrons. The third-order valence-electron chi connectivity index (χ3n) is 3.41. The molecule has 3 heteroatoms. The number of unbranched alkanes of at least 4 members (excludes halogenated alkanes) is 5. The second-order valence-corrected chi connectivity index (χ2v) is 5.72. The van der Waals surface area contributed by atoms with Crippen molar-refractivity contribution >= 4 is 0 Å². The lowest BCUT2D eigenvalue weighted by Gasteiger charge is -2.18. The van der Waals surface area contributed by atoms with Crippen molar-refractivity contribution in [2.45, 2.75) is 97.4 Å². The van der Waals surface area contributed by atoms with E-state index < -0.39 is 0 Å². The standard InChI is InChI=1S/C17H36O3/c1-4-6-14-19-17(20-15-7-5-2)13-11-9-8-10-12-16(3)18/h16-18H,4-15H2,1-3H3. The molecule has 0 rings (SSSR count). The second kappa shape index (κ2) is 15.3. The Morgan fingerprint density at radius 3 is 1.70 bits per heavy atom. The summed E-state index contributed by atoms with van der Waals surface area (Å²) >= 11 is 0. The van der Waals surface area contributed by atoms with E-state index in [0.717, 1.165) is 51.7 Å². The van der Waals surface area contributed by atoms with Gasteiger partial charge in [0.2, 0.25) is 0 Å². The SMILES string of the molecule is CCCCOC(CCCCCCC(C)O)OCCCC. The van der Waals surface area contributed by atoms with Crippen LogP contribution in [0.25, 0.3) is 0 Å². The van der Waals surface area contributed by atoms with E-state index in [2.05, 4.69) is 13.8 Å². The molecule has 0 saturated carbocycles. The molecular formula is C17H36O3. The molecule has 0 aromatic carbocycles. The first-order valence-electron chi connectivity index (χ1n) is 8.62. The van der Waals surface area contributed by atoms with Gasteiger partial charge in [0.05, 0.1) is 6.10 Å². The Labute approximate surface area is 126 Å². The van der Waals surface area contributed by atoms with E-state index in [4.69, 9.17) is 9.47 Å². The molecule has 1 unspecified atom stereocenters. The molecule has 0 bridgehead atoms. The predicted octanol–water partition coefficient (Wildman–Crippen LogP) is 4.67. The molecule has 3 nitrogen and oxygen atoms in total. The van der Waals surface area contributed by atoms with E-state index in [1.54, 1.807) is 0 Å². The van der Waals surface area contributed by atoms with Crippen LogP contribution in [0.1, 0.15) is 85.0 Å². The molecular weight excluding hydrogens is 252 g/mol. The molecule has 0 amide bonds. The molecule has 1 atom stereocenters. The summed E-state index contributed by atoms with van der Waals surface area (Å²) in [6, 6.07) is 0. The van der Waals surface area contributed by atoms with Crippen LogP contribution in [0.15, 0.2) is 0 Å². The molecule has 0 aliphatic carbocycles. The molecule has 0 aromatic rings. The van der Waals surface area contributed by atoms with Crippen LogP contribution in [-0.2, 0) is 9.47 Å². The third-order valence-corrected chi connectivity index (χ3v) is 3.41. The highest BCUT2D eigenvalue weighted by molar-refractivity contribution is 4.52. The van der Waals surface area contributed by atoms with Crippen LogP contribution in [-0.4, -0.2) is 30.7 Å². The minimum Gasteiger partial charge on any atom is -0.393 e. The summed E-state index contributed by atoms with van der Waals surface area (Å²) < 4.78 is 11.6. The fourth-order valence-corrected chi connectivity index (χ4v) is 2.04. The number of aliphatic hydroxyl groups is 1. The van der Waals surface area contributed by atoms with Gasteiger partial charge in [0, 0.05) is 13.2 Å². The average molecular weight is 288 g/mol. The van der Waals surface area contributed by atoms with E-state index in [1.165, 1.54) is 25.7 Å². The van der Waals surface area contributed by atoms with E-state index in [1.807, 2.05) is 6.92 Å². The lowest BCUT2D eigenvalue weighted by Crippen LogP contribution is -2.18. The van der Waals surface area contributed by atoms with E-state index in [9.17, 15) is 5.11 Å². The van der Waals surface area contributed by atoms with Gasteiger partial charge in [-0.05, 0) is 39.0 Å². The average Bonchev–Trinajstić information content (AvgIpc) is 2.42. The van der Waals surface area contributed by atoms with Gasteiger partial charge in [0.15, 0.2) is 6.29 Å². The Kier molecular flexibility index (Phi) is 15.2. The molecule has 0 saturated heterocycles. The summed E-state index contributed by atoms with van der Waals surface area (Å²) in [4.78, 5) is 0. The minimum atomic E-state index is -0.155. The summed E-state index contributed by atoms with van der Waals surface area (Å²) in [6.45, 7) is 7.85. The van der Waals surface area contributed by atoms with Crippen molar-refractivity contribution in [3.8, 4) is 0 Å². The third kappa shape index (κ3) is 14.3. The van der Waals surface area contributed by atoms with Crippen LogP contribution < -0.4 is 0 Å².